The normalized spacial score (nSPS) is 9.62. The Morgan fingerprint density at radius 3 is 2.31 bits per heavy atom. The van der Waals surface area contributed by atoms with E-state index in [9.17, 15) is 0 Å². The quantitative estimate of drug-likeness (QED) is 0.609. The van der Waals surface area contributed by atoms with Gasteiger partial charge in [0.05, 0.1) is 0 Å². The second-order valence-corrected chi connectivity index (χ2v) is 3.04. The van der Waals surface area contributed by atoms with Gasteiger partial charge in [0.25, 0.3) is 0 Å². The minimum atomic E-state index is 0. The number of rotatable bonds is 1. The van der Waals surface area contributed by atoms with Crippen LogP contribution in [0.4, 0.5) is 0 Å². The van der Waals surface area contributed by atoms with Crippen LogP contribution >= 0.6 is 0 Å². The summed E-state index contributed by atoms with van der Waals surface area (Å²) in [7, 11) is 0. The first kappa shape index (κ1) is 9.79. The van der Waals surface area contributed by atoms with E-state index < -0.39 is 0 Å². The van der Waals surface area contributed by atoms with Crippen molar-refractivity contribution in [2.75, 3.05) is 0 Å². The molecule has 0 N–H and O–H groups in total. The first-order valence-electron chi connectivity index (χ1n) is 4.38. The van der Waals surface area contributed by atoms with Crippen LogP contribution in [0.5, 0.6) is 0 Å². The van der Waals surface area contributed by atoms with Crippen molar-refractivity contribution in [3.05, 3.63) is 48.0 Å². The number of hydrogen-bond donors (Lipinski definition) is 0. The fourth-order valence-corrected chi connectivity index (χ4v) is 1.46. The van der Waals surface area contributed by atoms with Crippen LogP contribution in [0.3, 0.4) is 0 Å². The summed E-state index contributed by atoms with van der Waals surface area (Å²) in [4.78, 5) is 0. The molecule has 0 heterocycles. The molecule has 0 aromatic heterocycles. The lowest BCUT2D eigenvalue weighted by Crippen LogP contribution is -1.79. The average molecular weight is 172 g/mol. The third-order valence-corrected chi connectivity index (χ3v) is 2.22. The molecule has 0 aliphatic heterocycles. The van der Waals surface area contributed by atoms with Gasteiger partial charge in [-0.1, -0.05) is 56.8 Å². The van der Waals surface area contributed by atoms with Gasteiger partial charge in [0.15, 0.2) is 0 Å². The topological polar surface area (TPSA) is 0 Å². The zero-order chi connectivity index (χ0) is 8.39. The van der Waals surface area contributed by atoms with Crippen molar-refractivity contribution in [2.24, 2.45) is 0 Å². The van der Waals surface area contributed by atoms with E-state index in [1.54, 1.807) is 0 Å². The molecule has 0 aliphatic rings. The SMILES string of the molecule is C.CCc1ccc2ccccc2c1. The smallest absolute Gasteiger partial charge is 0.0181 e. The van der Waals surface area contributed by atoms with Crippen LogP contribution in [0.25, 0.3) is 10.8 Å². The van der Waals surface area contributed by atoms with Gasteiger partial charge >= 0.3 is 0 Å². The van der Waals surface area contributed by atoms with Gasteiger partial charge in [0.1, 0.15) is 0 Å². The van der Waals surface area contributed by atoms with Crippen molar-refractivity contribution in [1.82, 2.24) is 0 Å². The van der Waals surface area contributed by atoms with Gasteiger partial charge in [-0.05, 0) is 22.8 Å². The Balaban J connectivity index is 0.000000845. The molecule has 0 amide bonds. The van der Waals surface area contributed by atoms with E-state index in [4.69, 9.17) is 0 Å². The van der Waals surface area contributed by atoms with Crippen molar-refractivity contribution >= 4 is 10.8 Å². The number of aryl methyl sites for hydroxylation is 1. The summed E-state index contributed by atoms with van der Waals surface area (Å²) in [6.07, 6.45) is 1.12. The van der Waals surface area contributed by atoms with Crippen molar-refractivity contribution in [1.29, 1.82) is 0 Å². The first-order chi connectivity index (χ1) is 5.90. The summed E-state index contributed by atoms with van der Waals surface area (Å²) < 4.78 is 0. The molecule has 0 heteroatoms. The van der Waals surface area contributed by atoms with Gasteiger partial charge in [-0.15, -0.1) is 0 Å². The molecule has 0 unspecified atom stereocenters. The Morgan fingerprint density at radius 2 is 1.62 bits per heavy atom. The number of fused-ring (bicyclic) bond motifs is 1. The average Bonchev–Trinajstić information content (AvgIpc) is 2.17. The van der Waals surface area contributed by atoms with Crippen LogP contribution in [0, 0.1) is 0 Å². The Kier molecular flexibility index (Phi) is 3.07. The molecule has 0 radical (unpaired) electrons. The molecule has 0 nitrogen and oxygen atoms in total. The van der Waals surface area contributed by atoms with Gasteiger partial charge in [0.2, 0.25) is 0 Å². The molecule has 0 fully saturated rings. The summed E-state index contributed by atoms with van der Waals surface area (Å²) in [6.45, 7) is 2.18. The first-order valence-corrected chi connectivity index (χ1v) is 4.38. The third kappa shape index (κ3) is 1.89. The van der Waals surface area contributed by atoms with Crippen LogP contribution in [-0.4, -0.2) is 0 Å². The highest BCUT2D eigenvalue weighted by Gasteiger charge is 1.92. The molecule has 13 heavy (non-hydrogen) atoms. The van der Waals surface area contributed by atoms with Crippen LogP contribution in [0.1, 0.15) is 19.9 Å². The van der Waals surface area contributed by atoms with Crippen molar-refractivity contribution in [3.8, 4) is 0 Å². The van der Waals surface area contributed by atoms with Gasteiger partial charge < -0.3 is 0 Å². The molecule has 2 rings (SSSR count). The van der Waals surface area contributed by atoms with E-state index in [1.165, 1.54) is 16.3 Å². The lowest BCUT2D eigenvalue weighted by molar-refractivity contribution is 1.15. The number of benzene rings is 2. The zero-order valence-electron chi connectivity index (χ0n) is 7.25. The second kappa shape index (κ2) is 4.08. The van der Waals surface area contributed by atoms with Crippen LogP contribution in [-0.2, 0) is 6.42 Å². The molecule has 0 spiro atoms. The minimum absolute atomic E-state index is 0. The van der Waals surface area contributed by atoms with Crippen LogP contribution in [0.15, 0.2) is 42.5 Å². The monoisotopic (exact) mass is 172 g/mol. The maximum Gasteiger partial charge on any atom is -0.0181 e. The molecular weight excluding hydrogens is 156 g/mol. The van der Waals surface area contributed by atoms with Gasteiger partial charge in [-0.25, -0.2) is 0 Å². The van der Waals surface area contributed by atoms with Crippen molar-refractivity contribution < 1.29 is 0 Å². The van der Waals surface area contributed by atoms with Crippen molar-refractivity contribution in [3.63, 3.8) is 0 Å². The maximum absolute atomic E-state index is 2.26. The molecule has 0 atom stereocenters. The minimum Gasteiger partial charge on any atom is -0.0776 e. The molecule has 0 saturated carbocycles. The van der Waals surface area contributed by atoms with E-state index in [2.05, 4.69) is 49.4 Å². The predicted molar refractivity (Wildman–Crippen MR) is 60.1 cm³/mol. The van der Waals surface area contributed by atoms with E-state index >= 15 is 0 Å². The van der Waals surface area contributed by atoms with E-state index in [-0.39, 0.29) is 7.43 Å². The molecule has 0 aliphatic carbocycles. The molecular formula is C13H16. The summed E-state index contributed by atoms with van der Waals surface area (Å²) in [5, 5.41) is 2.67. The highest BCUT2D eigenvalue weighted by molar-refractivity contribution is 5.82. The van der Waals surface area contributed by atoms with Crippen molar-refractivity contribution in [2.45, 2.75) is 20.8 Å². The van der Waals surface area contributed by atoms with Gasteiger partial charge in [-0.2, -0.15) is 0 Å². The van der Waals surface area contributed by atoms with E-state index in [0.717, 1.165) is 6.42 Å². The molecule has 0 bridgehead atoms. The molecule has 68 valence electrons. The highest BCUT2D eigenvalue weighted by Crippen LogP contribution is 2.15. The lowest BCUT2D eigenvalue weighted by Gasteiger charge is -1.99. The maximum atomic E-state index is 2.26. The van der Waals surface area contributed by atoms with Crippen LogP contribution in [0.2, 0.25) is 0 Å². The van der Waals surface area contributed by atoms with E-state index in [0.29, 0.717) is 0 Å². The summed E-state index contributed by atoms with van der Waals surface area (Å²) in [5.74, 6) is 0. The number of hydrogen-bond acceptors (Lipinski definition) is 0. The Bertz CT molecular complexity index is 388. The standard InChI is InChI=1S/C12H12.CH4/c1-2-10-7-8-11-5-3-4-6-12(11)9-10;/h3-9H,2H2,1H3;1H4. The van der Waals surface area contributed by atoms with Gasteiger partial charge in [-0.3, -0.25) is 0 Å². The Labute approximate surface area is 80.2 Å². The molecule has 2 aromatic carbocycles. The summed E-state index contributed by atoms with van der Waals surface area (Å²) >= 11 is 0. The summed E-state index contributed by atoms with van der Waals surface area (Å²) in [6, 6.07) is 15.1. The Hall–Kier alpha value is -1.30. The second-order valence-electron chi connectivity index (χ2n) is 3.04. The third-order valence-electron chi connectivity index (χ3n) is 2.22. The molecule has 2 aromatic rings. The fraction of sp³-hybridized carbons (Fsp3) is 0.231. The van der Waals surface area contributed by atoms with Crippen LogP contribution < -0.4 is 0 Å². The lowest BCUT2D eigenvalue weighted by atomic mass is 10.1. The highest BCUT2D eigenvalue weighted by atomic mass is 14.0. The predicted octanol–water partition coefficient (Wildman–Crippen LogP) is 4.04. The Morgan fingerprint density at radius 1 is 0.923 bits per heavy atom. The largest absolute Gasteiger partial charge is 0.0776 e. The van der Waals surface area contributed by atoms with E-state index in [1.807, 2.05) is 0 Å². The fourth-order valence-electron chi connectivity index (χ4n) is 1.46. The summed E-state index contributed by atoms with van der Waals surface area (Å²) in [5.41, 5.74) is 1.41. The van der Waals surface area contributed by atoms with Gasteiger partial charge in [0, 0.05) is 0 Å². The molecule has 0 saturated heterocycles. The zero-order valence-corrected chi connectivity index (χ0v) is 7.25.